The molecule has 1 heterocycles. The topological polar surface area (TPSA) is 179 Å². The van der Waals surface area contributed by atoms with Gasteiger partial charge in [-0.2, -0.15) is 16.8 Å². The van der Waals surface area contributed by atoms with Gasteiger partial charge in [0.2, 0.25) is 5.91 Å². The molecule has 6 N–H and O–H groups in total. The molecular formula is C35H48N4O7S2. The number of hydrogen-bond acceptors (Lipinski definition) is 8. The van der Waals surface area contributed by atoms with Crippen LogP contribution in [0.15, 0.2) is 82.3 Å². The first-order chi connectivity index (χ1) is 22.4. The molecular weight excluding hydrogens is 653 g/mol. The Bertz CT molecular complexity index is 1850. The molecule has 1 unspecified atom stereocenters. The van der Waals surface area contributed by atoms with Gasteiger partial charge < -0.3 is 21.3 Å². The van der Waals surface area contributed by atoms with E-state index >= 15 is 0 Å². The smallest absolute Gasteiger partial charge is 0.294 e. The van der Waals surface area contributed by atoms with Crippen LogP contribution in [0, 0.1) is 0 Å². The highest BCUT2D eigenvalue weighted by Gasteiger charge is 2.56. The molecule has 1 atom stereocenters. The van der Waals surface area contributed by atoms with Gasteiger partial charge in [0.25, 0.3) is 20.2 Å². The number of carbonyl (C=O) groups excluding carboxylic acids is 1. The van der Waals surface area contributed by atoms with Crippen molar-refractivity contribution in [1.82, 2.24) is 10.6 Å². The van der Waals surface area contributed by atoms with E-state index in [1.807, 2.05) is 58.9 Å². The maximum absolute atomic E-state index is 12.0. The van der Waals surface area contributed by atoms with Crippen LogP contribution in [0.4, 0.5) is 5.69 Å². The second kappa shape index (κ2) is 14.3. The predicted molar refractivity (Wildman–Crippen MR) is 188 cm³/mol. The number of fused-ring (bicyclic) bond motifs is 2. The number of rotatable bonds is 15. The molecule has 1 aliphatic carbocycles. The molecule has 2 aliphatic rings. The second-order valence-corrected chi connectivity index (χ2v) is 16.2. The van der Waals surface area contributed by atoms with Crippen LogP contribution in [0.2, 0.25) is 0 Å². The van der Waals surface area contributed by atoms with Crippen LogP contribution in [0.25, 0.3) is 0 Å². The Morgan fingerprint density at radius 1 is 0.875 bits per heavy atom. The molecule has 0 saturated heterocycles. The summed E-state index contributed by atoms with van der Waals surface area (Å²) in [7, 11) is -8.71. The van der Waals surface area contributed by atoms with Crippen LogP contribution < -0.4 is 21.3 Å². The molecule has 0 bridgehead atoms. The molecule has 0 spiro atoms. The summed E-state index contributed by atoms with van der Waals surface area (Å²) in [5, 5.41) is 6.36. The second-order valence-electron chi connectivity index (χ2n) is 13.3. The fourth-order valence-corrected chi connectivity index (χ4v) is 8.00. The Morgan fingerprint density at radius 2 is 1.52 bits per heavy atom. The zero-order chi connectivity index (χ0) is 35.5. The maximum atomic E-state index is 12.0. The molecule has 4 rings (SSSR count). The largest absolute Gasteiger partial charge is 0.355 e. The quantitative estimate of drug-likeness (QED) is 0.0993. The van der Waals surface area contributed by atoms with Crippen LogP contribution in [0.1, 0.15) is 77.0 Å². The third-order valence-electron chi connectivity index (χ3n) is 9.56. The monoisotopic (exact) mass is 700 g/mol. The SMILES string of the molecule is CCNC1(/C=C/C=C/C=C2/N(CCCCCC(=O)NCCN)c3ccc(S(=O)(=O)O)cc3C2(C)C)c2ccc(S(=O)(=O)O)cc2C1(C)C. The lowest BCUT2D eigenvalue weighted by atomic mass is 9.52. The van der Waals surface area contributed by atoms with Gasteiger partial charge in [0.15, 0.2) is 0 Å². The van der Waals surface area contributed by atoms with E-state index in [2.05, 4.69) is 21.6 Å². The van der Waals surface area contributed by atoms with Gasteiger partial charge in [0, 0.05) is 48.3 Å². The highest BCUT2D eigenvalue weighted by Crippen LogP contribution is 2.56. The number of anilines is 1. The molecule has 11 nitrogen and oxygen atoms in total. The summed E-state index contributed by atoms with van der Waals surface area (Å²) in [6, 6.07) is 9.38. The lowest BCUT2D eigenvalue weighted by molar-refractivity contribution is -0.121. The van der Waals surface area contributed by atoms with Gasteiger partial charge in [-0.1, -0.05) is 71.4 Å². The van der Waals surface area contributed by atoms with Crippen molar-refractivity contribution in [2.75, 3.05) is 31.1 Å². The van der Waals surface area contributed by atoms with E-state index in [4.69, 9.17) is 5.73 Å². The van der Waals surface area contributed by atoms with Crippen molar-refractivity contribution in [1.29, 1.82) is 0 Å². The minimum atomic E-state index is -4.38. The van der Waals surface area contributed by atoms with E-state index in [-0.39, 0.29) is 15.7 Å². The number of hydrogen-bond donors (Lipinski definition) is 5. The van der Waals surface area contributed by atoms with E-state index < -0.39 is 36.6 Å². The number of benzene rings is 2. The fraction of sp³-hybridized carbons (Fsp3) is 0.457. The third-order valence-corrected chi connectivity index (χ3v) is 11.3. The van der Waals surface area contributed by atoms with E-state index in [0.717, 1.165) is 47.3 Å². The highest BCUT2D eigenvalue weighted by molar-refractivity contribution is 7.86. The highest BCUT2D eigenvalue weighted by atomic mass is 32.2. The maximum Gasteiger partial charge on any atom is 0.294 e. The standard InChI is InChI=1S/C35H48N4O7S2/c1-6-38-35(27-17-15-25(47(41,42)43)23-28(27)34(35,4)5)19-11-7-9-13-31-33(2,3)29-24-26(48(44,45)46)16-18-30(29)39(31)22-12-8-10-14-32(40)37-21-20-36/h7,9,11,13,15-19,23-24,38H,6,8,10,12,14,20-22,36H2,1-5H3,(H,37,40)(H,41,42,43)(H,44,45,46)/b9-7+,19-11+,31-13+. The van der Waals surface area contributed by atoms with Gasteiger partial charge in [0.1, 0.15) is 0 Å². The first-order valence-electron chi connectivity index (χ1n) is 16.2. The van der Waals surface area contributed by atoms with Crippen LogP contribution >= 0.6 is 0 Å². The number of nitrogens with two attached hydrogens (primary N) is 1. The molecule has 0 saturated carbocycles. The average Bonchev–Trinajstić information content (AvgIpc) is 3.22. The Morgan fingerprint density at radius 3 is 2.15 bits per heavy atom. The molecule has 2 aromatic rings. The molecule has 262 valence electrons. The predicted octanol–water partition coefficient (Wildman–Crippen LogP) is 4.71. The van der Waals surface area contributed by atoms with Gasteiger partial charge in [-0.15, -0.1) is 0 Å². The summed E-state index contributed by atoms with van der Waals surface area (Å²) in [6.07, 6.45) is 12.7. The molecule has 1 aliphatic heterocycles. The minimum absolute atomic E-state index is 0.0165. The Kier molecular flexibility index (Phi) is 11.1. The summed E-state index contributed by atoms with van der Waals surface area (Å²) in [5.74, 6) is -0.0165. The van der Waals surface area contributed by atoms with E-state index in [1.54, 1.807) is 12.1 Å². The van der Waals surface area contributed by atoms with Crippen LogP contribution in [0.5, 0.6) is 0 Å². The summed E-state index contributed by atoms with van der Waals surface area (Å²) < 4.78 is 66.8. The molecule has 2 aromatic carbocycles. The zero-order valence-corrected chi connectivity index (χ0v) is 29.9. The van der Waals surface area contributed by atoms with Crippen molar-refractivity contribution in [3.63, 3.8) is 0 Å². The summed E-state index contributed by atoms with van der Waals surface area (Å²) in [6.45, 7) is 12.3. The van der Waals surface area contributed by atoms with E-state index in [0.29, 0.717) is 32.6 Å². The van der Waals surface area contributed by atoms with Crippen molar-refractivity contribution in [3.05, 3.63) is 89.2 Å². The molecule has 48 heavy (non-hydrogen) atoms. The van der Waals surface area contributed by atoms with E-state index in [9.17, 15) is 30.7 Å². The van der Waals surface area contributed by atoms with Crippen LogP contribution in [-0.4, -0.2) is 58.0 Å². The lowest BCUT2D eigenvalue weighted by Gasteiger charge is -2.57. The molecule has 0 aromatic heterocycles. The third kappa shape index (κ3) is 7.31. The number of carbonyl (C=O) groups is 1. The molecule has 13 heteroatoms. The lowest BCUT2D eigenvalue weighted by Crippen LogP contribution is -2.62. The molecule has 0 fully saturated rings. The van der Waals surface area contributed by atoms with Crippen molar-refractivity contribution < 1.29 is 30.7 Å². The first kappa shape index (κ1) is 37.5. The number of allylic oxidation sites excluding steroid dienone is 5. The zero-order valence-electron chi connectivity index (χ0n) is 28.3. The summed E-state index contributed by atoms with van der Waals surface area (Å²) in [5.41, 5.74) is 8.26. The van der Waals surface area contributed by atoms with Crippen molar-refractivity contribution in [2.24, 2.45) is 5.73 Å². The molecule has 0 radical (unpaired) electrons. The minimum Gasteiger partial charge on any atom is -0.355 e. The Hall–Kier alpha value is -3.33. The van der Waals surface area contributed by atoms with Gasteiger partial charge in [-0.25, -0.2) is 0 Å². The van der Waals surface area contributed by atoms with Gasteiger partial charge >= 0.3 is 0 Å². The van der Waals surface area contributed by atoms with Crippen molar-refractivity contribution in [3.8, 4) is 0 Å². The van der Waals surface area contributed by atoms with Gasteiger partial charge in [-0.05, 0) is 72.5 Å². The van der Waals surface area contributed by atoms with E-state index in [1.165, 1.54) is 24.3 Å². The van der Waals surface area contributed by atoms with Crippen LogP contribution in [0.3, 0.4) is 0 Å². The van der Waals surface area contributed by atoms with Crippen molar-refractivity contribution >= 4 is 31.8 Å². The molecule has 1 amide bonds. The number of likely N-dealkylation sites (N-methyl/N-ethyl adjacent to an activating group) is 1. The van der Waals surface area contributed by atoms with Crippen LogP contribution in [-0.2, 0) is 41.4 Å². The summed E-state index contributed by atoms with van der Waals surface area (Å²) in [4.78, 5) is 13.9. The van der Waals surface area contributed by atoms with Gasteiger partial charge in [-0.3, -0.25) is 13.9 Å². The number of amides is 1. The number of unbranched alkanes of at least 4 members (excludes halogenated alkanes) is 2. The number of nitrogens with one attached hydrogen (secondary N) is 2. The Balaban J connectivity index is 1.60. The van der Waals surface area contributed by atoms with Gasteiger partial charge in [0.05, 0.1) is 15.3 Å². The Labute approximate surface area is 284 Å². The fourth-order valence-electron chi connectivity index (χ4n) is 6.98. The first-order valence-corrected chi connectivity index (χ1v) is 19.1. The summed E-state index contributed by atoms with van der Waals surface area (Å²) >= 11 is 0. The normalized spacial score (nSPS) is 20.7. The number of nitrogens with zero attached hydrogens (tertiary/aromatic N) is 1. The average molecular weight is 701 g/mol. The van der Waals surface area contributed by atoms with Crippen molar-refractivity contribution in [2.45, 2.75) is 86.5 Å².